The predicted octanol–water partition coefficient (Wildman–Crippen LogP) is 0.632. The lowest BCUT2D eigenvalue weighted by Gasteiger charge is -2.23. The molecule has 4 N–H and O–H groups in total. The second kappa shape index (κ2) is 5.46. The smallest absolute Gasteiger partial charge is 0.236 e. The van der Waals surface area contributed by atoms with Gasteiger partial charge in [0.25, 0.3) is 0 Å². The van der Waals surface area contributed by atoms with Crippen LogP contribution in [-0.4, -0.2) is 24.0 Å². The van der Waals surface area contributed by atoms with E-state index in [0.717, 1.165) is 11.3 Å². The highest BCUT2D eigenvalue weighted by Gasteiger charge is 2.12. The van der Waals surface area contributed by atoms with Crippen molar-refractivity contribution in [2.75, 3.05) is 18.0 Å². The van der Waals surface area contributed by atoms with E-state index in [1.54, 1.807) is 0 Å². The number of carbonyl (C=O) groups excluding carboxylic acids is 1. The Morgan fingerprint density at radius 2 is 2.00 bits per heavy atom. The van der Waals surface area contributed by atoms with Gasteiger partial charge in [-0.1, -0.05) is 24.4 Å². The monoisotopic (exact) mass is 237 g/mol. The molecule has 1 rings (SSSR count). The molecule has 0 saturated carbocycles. The predicted molar refractivity (Wildman–Crippen MR) is 69.4 cm³/mol. The molecule has 1 aromatic rings. The van der Waals surface area contributed by atoms with Gasteiger partial charge in [-0.3, -0.25) is 4.79 Å². The van der Waals surface area contributed by atoms with Crippen LogP contribution in [0.3, 0.4) is 0 Å². The van der Waals surface area contributed by atoms with Crippen LogP contribution in [-0.2, 0) is 4.79 Å². The van der Waals surface area contributed by atoms with E-state index in [0.29, 0.717) is 11.5 Å². The lowest BCUT2D eigenvalue weighted by atomic mass is 10.1. The maximum atomic E-state index is 10.9. The SMILES string of the molecule is CCN(CC(N)=O)c1ccccc1C(N)=S. The van der Waals surface area contributed by atoms with Gasteiger partial charge in [-0.2, -0.15) is 0 Å². The lowest BCUT2D eigenvalue weighted by Crippen LogP contribution is -2.34. The highest BCUT2D eigenvalue weighted by Crippen LogP contribution is 2.19. The Morgan fingerprint density at radius 1 is 1.38 bits per heavy atom. The third-order valence-electron chi connectivity index (χ3n) is 2.24. The second-order valence-corrected chi connectivity index (χ2v) is 3.80. The van der Waals surface area contributed by atoms with Crippen molar-refractivity contribution in [2.45, 2.75) is 6.92 Å². The molecule has 0 aliphatic rings. The molecule has 4 nitrogen and oxygen atoms in total. The molecule has 0 spiro atoms. The van der Waals surface area contributed by atoms with Gasteiger partial charge in [0.05, 0.1) is 6.54 Å². The molecule has 0 aliphatic heterocycles. The minimum Gasteiger partial charge on any atom is -0.389 e. The standard InChI is InChI=1S/C11H15N3OS/c1-2-14(7-10(12)15)9-6-4-3-5-8(9)11(13)16/h3-6H,2,7H2,1H3,(H2,12,15)(H2,13,16). The van der Waals surface area contributed by atoms with E-state index < -0.39 is 0 Å². The number of carbonyl (C=O) groups is 1. The number of amides is 1. The number of thiocarbonyl (C=S) groups is 1. The van der Waals surface area contributed by atoms with E-state index in [2.05, 4.69) is 0 Å². The summed E-state index contributed by atoms with van der Waals surface area (Å²) in [7, 11) is 0. The van der Waals surface area contributed by atoms with Crippen LogP contribution < -0.4 is 16.4 Å². The van der Waals surface area contributed by atoms with Crippen molar-refractivity contribution in [1.29, 1.82) is 0 Å². The largest absolute Gasteiger partial charge is 0.389 e. The summed E-state index contributed by atoms with van der Waals surface area (Å²) in [5, 5.41) is 0. The Labute approximate surface area is 100 Å². The van der Waals surface area contributed by atoms with Gasteiger partial charge in [0.15, 0.2) is 0 Å². The summed E-state index contributed by atoms with van der Waals surface area (Å²) in [6.45, 7) is 2.78. The molecule has 0 radical (unpaired) electrons. The fourth-order valence-corrected chi connectivity index (χ4v) is 1.69. The molecule has 1 aromatic carbocycles. The average molecular weight is 237 g/mol. The third-order valence-corrected chi connectivity index (χ3v) is 2.46. The first-order valence-electron chi connectivity index (χ1n) is 4.98. The van der Waals surface area contributed by atoms with E-state index in [4.69, 9.17) is 23.7 Å². The van der Waals surface area contributed by atoms with Gasteiger partial charge in [-0.15, -0.1) is 0 Å². The Morgan fingerprint density at radius 3 is 2.50 bits per heavy atom. The third kappa shape index (κ3) is 2.93. The maximum Gasteiger partial charge on any atom is 0.236 e. The molecule has 0 aromatic heterocycles. The van der Waals surface area contributed by atoms with E-state index in [9.17, 15) is 4.79 Å². The normalized spacial score (nSPS) is 9.81. The number of nitrogens with zero attached hydrogens (tertiary/aromatic N) is 1. The van der Waals surface area contributed by atoms with Crippen molar-refractivity contribution < 1.29 is 4.79 Å². The second-order valence-electron chi connectivity index (χ2n) is 3.36. The van der Waals surface area contributed by atoms with Gasteiger partial charge < -0.3 is 16.4 Å². The number of para-hydroxylation sites is 1. The zero-order valence-electron chi connectivity index (χ0n) is 9.14. The summed E-state index contributed by atoms with van der Waals surface area (Å²) in [6.07, 6.45) is 0. The zero-order chi connectivity index (χ0) is 12.1. The molecule has 0 heterocycles. The fraction of sp³-hybridized carbons (Fsp3) is 0.273. The highest BCUT2D eigenvalue weighted by atomic mass is 32.1. The summed E-state index contributed by atoms with van der Waals surface area (Å²) >= 11 is 4.97. The number of primary amides is 1. The molecular weight excluding hydrogens is 222 g/mol. The first-order chi connectivity index (χ1) is 7.56. The molecule has 16 heavy (non-hydrogen) atoms. The van der Waals surface area contributed by atoms with E-state index in [-0.39, 0.29) is 12.5 Å². The van der Waals surface area contributed by atoms with Crippen molar-refractivity contribution in [2.24, 2.45) is 11.5 Å². The Kier molecular flexibility index (Phi) is 4.25. The molecule has 0 unspecified atom stereocenters. The number of likely N-dealkylation sites (N-methyl/N-ethyl adjacent to an activating group) is 1. The molecule has 86 valence electrons. The topological polar surface area (TPSA) is 72.3 Å². The zero-order valence-corrected chi connectivity index (χ0v) is 9.96. The van der Waals surface area contributed by atoms with Gasteiger partial charge in [0.1, 0.15) is 4.99 Å². The number of benzene rings is 1. The van der Waals surface area contributed by atoms with Crippen LogP contribution in [0.25, 0.3) is 0 Å². The van der Waals surface area contributed by atoms with Crippen molar-refractivity contribution in [3.63, 3.8) is 0 Å². The highest BCUT2D eigenvalue weighted by molar-refractivity contribution is 7.80. The molecule has 0 fully saturated rings. The molecule has 0 aliphatic carbocycles. The van der Waals surface area contributed by atoms with Crippen LogP contribution in [0.4, 0.5) is 5.69 Å². The Bertz CT molecular complexity index is 406. The fourth-order valence-electron chi connectivity index (χ4n) is 1.51. The number of hydrogen-bond acceptors (Lipinski definition) is 3. The van der Waals surface area contributed by atoms with Crippen LogP contribution in [0.5, 0.6) is 0 Å². The first-order valence-corrected chi connectivity index (χ1v) is 5.39. The molecule has 0 saturated heterocycles. The quantitative estimate of drug-likeness (QED) is 0.737. The van der Waals surface area contributed by atoms with Crippen molar-refractivity contribution in [3.8, 4) is 0 Å². The number of anilines is 1. The van der Waals surface area contributed by atoms with Crippen molar-refractivity contribution in [1.82, 2.24) is 0 Å². The molecular formula is C11H15N3OS. The summed E-state index contributed by atoms with van der Waals surface area (Å²) in [6, 6.07) is 7.44. The van der Waals surface area contributed by atoms with Crippen LogP contribution in [0.1, 0.15) is 12.5 Å². The summed E-state index contributed by atoms with van der Waals surface area (Å²) < 4.78 is 0. The molecule has 0 atom stereocenters. The van der Waals surface area contributed by atoms with Crippen molar-refractivity contribution >= 4 is 28.8 Å². The van der Waals surface area contributed by atoms with E-state index in [1.165, 1.54) is 0 Å². The van der Waals surface area contributed by atoms with Gasteiger partial charge in [-0.25, -0.2) is 0 Å². The van der Waals surface area contributed by atoms with Gasteiger partial charge >= 0.3 is 0 Å². The van der Waals surface area contributed by atoms with E-state index >= 15 is 0 Å². The first kappa shape index (κ1) is 12.4. The van der Waals surface area contributed by atoms with Crippen LogP contribution in [0.15, 0.2) is 24.3 Å². The number of hydrogen-bond donors (Lipinski definition) is 2. The minimum absolute atomic E-state index is 0.163. The van der Waals surface area contributed by atoms with Gasteiger partial charge in [0.2, 0.25) is 5.91 Å². The average Bonchev–Trinajstić information content (AvgIpc) is 2.25. The maximum absolute atomic E-state index is 10.9. The van der Waals surface area contributed by atoms with Gasteiger partial charge in [-0.05, 0) is 19.1 Å². The van der Waals surface area contributed by atoms with Gasteiger partial charge in [0, 0.05) is 17.8 Å². The number of rotatable bonds is 5. The van der Waals surface area contributed by atoms with Crippen LogP contribution in [0.2, 0.25) is 0 Å². The summed E-state index contributed by atoms with van der Waals surface area (Å²) in [5.41, 5.74) is 12.4. The molecule has 5 heteroatoms. The van der Waals surface area contributed by atoms with Crippen LogP contribution >= 0.6 is 12.2 Å². The Hall–Kier alpha value is -1.62. The number of nitrogens with two attached hydrogens (primary N) is 2. The minimum atomic E-state index is -0.375. The molecule has 1 amide bonds. The Balaban J connectivity index is 3.08. The van der Waals surface area contributed by atoms with E-state index in [1.807, 2.05) is 36.1 Å². The summed E-state index contributed by atoms with van der Waals surface area (Å²) in [5.74, 6) is -0.375. The summed E-state index contributed by atoms with van der Waals surface area (Å²) in [4.78, 5) is 13.1. The lowest BCUT2D eigenvalue weighted by molar-refractivity contribution is -0.116. The van der Waals surface area contributed by atoms with Crippen molar-refractivity contribution in [3.05, 3.63) is 29.8 Å². The van der Waals surface area contributed by atoms with Crippen LogP contribution in [0, 0.1) is 0 Å². The molecule has 0 bridgehead atoms.